The maximum absolute atomic E-state index is 14.2. The summed E-state index contributed by atoms with van der Waals surface area (Å²) in [6, 6.07) is 15.2. The molecule has 0 fully saturated rings. The molecule has 0 saturated carbocycles. The number of carboxylic acids is 1. The van der Waals surface area contributed by atoms with Gasteiger partial charge >= 0.3 is 5.97 Å². The fourth-order valence-corrected chi connectivity index (χ4v) is 5.84. The molecule has 31 heavy (non-hydrogen) atoms. The Hall–Kier alpha value is -3.52. The van der Waals surface area contributed by atoms with Crippen molar-refractivity contribution in [2.75, 3.05) is 0 Å². The van der Waals surface area contributed by atoms with Crippen LogP contribution in [0.3, 0.4) is 0 Å². The first kappa shape index (κ1) is 20.7. The van der Waals surface area contributed by atoms with E-state index in [2.05, 4.69) is 4.98 Å². The number of aromatic nitrogens is 2. The molecule has 158 valence electrons. The predicted octanol–water partition coefficient (Wildman–Crippen LogP) is 4.13. The van der Waals surface area contributed by atoms with Gasteiger partial charge in [0, 0.05) is 34.6 Å². The monoisotopic (exact) mass is 438 g/mol. The molecule has 4 rings (SSSR count). The molecular formula is C23H19FN2O4S. The van der Waals surface area contributed by atoms with Crippen molar-refractivity contribution in [3.05, 3.63) is 95.7 Å². The van der Waals surface area contributed by atoms with Crippen LogP contribution in [-0.4, -0.2) is 29.0 Å². The zero-order valence-electron chi connectivity index (χ0n) is 16.6. The second-order valence-electron chi connectivity index (χ2n) is 7.16. The molecule has 0 saturated heterocycles. The van der Waals surface area contributed by atoms with E-state index in [9.17, 15) is 22.7 Å². The first-order chi connectivity index (χ1) is 14.8. The first-order valence-corrected chi connectivity index (χ1v) is 11.0. The highest BCUT2D eigenvalue weighted by Crippen LogP contribution is 2.41. The molecule has 0 bridgehead atoms. The van der Waals surface area contributed by atoms with Crippen molar-refractivity contribution in [3.8, 4) is 0 Å². The van der Waals surface area contributed by atoms with Crippen LogP contribution in [0.4, 0.5) is 4.39 Å². The Kier molecular flexibility index (Phi) is 5.32. The molecule has 8 heteroatoms. The minimum absolute atomic E-state index is 0.110. The second kappa shape index (κ2) is 7.96. The van der Waals surface area contributed by atoms with Crippen LogP contribution in [0.15, 0.2) is 78.0 Å². The maximum atomic E-state index is 14.2. The van der Waals surface area contributed by atoms with Crippen LogP contribution in [0.5, 0.6) is 0 Å². The molecule has 2 aromatic carbocycles. The van der Waals surface area contributed by atoms with Crippen molar-refractivity contribution in [2.45, 2.75) is 23.6 Å². The summed E-state index contributed by atoms with van der Waals surface area (Å²) in [6.45, 7) is 1.28. The third-order valence-corrected chi connectivity index (χ3v) is 7.32. The molecule has 2 heterocycles. The summed E-state index contributed by atoms with van der Waals surface area (Å²) in [4.78, 5) is 15.7. The van der Waals surface area contributed by atoms with Gasteiger partial charge in [0.15, 0.2) is 9.84 Å². The highest BCUT2D eigenvalue weighted by molar-refractivity contribution is 7.92. The number of rotatable bonds is 6. The van der Waals surface area contributed by atoms with Gasteiger partial charge in [0.25, 0.3) is 0 Å². The van der Waals surface area contributed by atoms with Gasteiger partial charge in [0.1, 0.15) is 17.6 Å². The Bertz CT molecular complexity index is 1370. The van der Waals surface area contributed by atoms with Crippen LogP contribution in [0.2, 0.25) is 0 Å². The number of hydrogen-bond acceptors (Lipinski definition) is 4. The fraction of sp³-hybridized carbons (Fsp3) is 0.130. The summed E-state index contributed by atoms with van der Waals surface area (Å²) in [5, 5.41) is 8.55. The number of benzene rings is 2. The molecule has 0 aliphatic carbocycles. The zero-order valence-corrected chi connectivity index (χ0v) is 17.4. The Morgan fingerprint density at radius 2 is 1.87 bits per heavy atom. The van der Waals surface area contributed by atoms with Gasteiger partial charge in [0.05, 0.1) is 4.90 Å². The lowest BCUT2D eigenvalue weighted by molar-refractivity contribution is -0.137. The Labute approximate surface area is 178 Å². The lowest BCUT2D eigenvalue weighted by atomic mass is 10.0. The van der Waals surface area contributed by atoms with Gasteiger partial charge in [-0.2, -0.15) is 0 Å². The van der Waals surface area contributed by atoms with Gasteiger partial charge < -0.3 is 9.67 Å². The lowest BCUT2D eigenvalue weighted by Crippen LogP contribution is -2.17. The van der Waals surface area contributed by atoms with E-state index in [0.717, 1.165) is 0 Å². The summed E-state index contributed by atoms with van der Waals surface area (Å²) in [5.41, 5.74) is 1.64. The normalized spacial score (nSPS) is 12.7. The second-order valence-corrected chi connectivity index (χ2v) is 9.20. The number of hydrogen-bond donors (Lipinski definition) is 1. The van der Waals surface area contributed by atoms with E-state index in [1.54, 1.807) is 37.3 Å². The molecule has 0 radical (unpaired) electrons. The van der Waals surface area contributed by atoms with Crippen LogP contribution in [0.1, 0.15) is 22.1 Å². The third-order valence-electron chi connectivity index (χ3n) is 5.26. The Balaban J connectivity index is 2.09. The lowest BCUT2D eigenvalue weighted by Gasteiger charge is -2.19. The van der Waals surface area contributed by atoms with Crippen LogP contribution < -0.4 is 0 Å². The van der Waals surface area contributed by atoms with Crippen molar-refractivity contribution >= 4 is 26.7 Å². The average molecular weight is 438 g/mol. The van der Waals surface area contributed by atoms with Gasteiger partial charge in [-0.15, -0.1) is 0 Å². The van der Waals surface area contributed by atoms with E-state index in [0.29, 0.717) is 27.7 Å². The van der Waals surface area contributed by atoms with Crippen molar-refractivity contribution in [1.29, 1.82) is 0 Å². The summed E-state index contributed by atoms with van der Waals surface area (Å²) in [6.07, 6.45) is 3.00. The van der Waals surface area contributed by atoms with Gasteiger partial charge in [-0.3, -0.25) is 9.78 Å². The van der Waals surface area contributed by atoms with E-state index in [-0.39, 0.29) is 11.4 Å². The maximum Gasteiger partial charge on any atom is 0.323 e. The number of fused-ring (bicyclic) bond motifs is 1. The molecule has 0 aliphatic rings. The van der Waals surface area contributed by atoms with E-state index in [1.807, 2.05) is 0 Å². The van der Waals surface area contributed by atoms with Gasteiger partial charge in [-0.1, -0.05) is 24.3 Å². The standard InChI is InChI=1S/C23H19FN2O4S/c1-15-22(19-12-17(24)9-10-20(19)26(15)14-21(27)28)23(16-6-5-11-25-13-16)31(29,30)18-7-3-2-4-8-18/h2-13,23H,14H2,1H3,(H,27,28). The van der Waals surface area contributed by atoms with Gasteiger partial charge in [-0.05, 0) is 48.9 Å². The SMILES string of the molecule is Cc1c(C(c2cccnc2)S(=O)(=O)c2ccccc2)c2cc(F)ccc2n1CC(=O)O. The molecule has 1 N–H and O–H groups in total. The highest BCUT2D eigenvalue weighted by atomic mass is 32.2. The number of sulfone groups is 1. The molecule has 1 atom stereocenters. The molecule has 0 amide bonds. The number of pyridine rings is 1. The number of carbonyl (C=O) groups is 1. The first-order valence-electron chi connectivity index (χ1n) is 9.49. The van der Waals surface area contributed by atoms with Crippen LogP contribution in [0.25, 0.3) is 10.9 Å². The third kappa shape index (κ3) is 3.70. The summed E-state index contributed by atoms with van der Waals surface area (Å²) in [7, 11) is -3.97. The molecule has 1 unspecified atom stereocenters. The summed E-state index contributed by atoms with van der Waals surface area (Å²) < 4.78 is 43.3. The summed E-state index contributed by atoms with van der Waals surface area (Å²) >= 11 is 0. The molecule has 0 aliphatic heterocycles. The molecule has 0 spiro atoms. The molecule has 6 nitrogen and oxygen atoms in total. The number of nitrogens with zero attached hydrogens (tertiary/aromatic N) is 2. The topological polar surface area (TPSA) is 89.3 Å². The molecule has 2 aromatic heterocycles. The van der Waals surface area contributed by atoms with Gasteiger partial charge in [0.2, 0.25) is 0 Å². The minimum atomic E-state index is -3.97. The van der Waals surface area contributed by atoms with Crippen molar-refractivity contribution in [3.63, 3.8) is 0 Å². The van der Waals surface area contributed by atoms with Crippen molar-refractivity contribution < 1.29 is 22.7 Å². The number of carboxylic acid groups (broad SMARTS) is 1. The minimum Gasteiger partial charge on any atom is -0.480 e. The quantitative estimate of drug-likeness (QED) is 0.489. The van der Waals surface area contributed by atoms with E-state index < -0.39 is 26.9 Å². The van der Waals surface area contributed by atoms with Crippen molar-refractivity contribution in [2.24, 2.45) is 0 Å². The predicted molar refractivity (Wildman–Crippen MR) is 114 cm³/mol. The van der Waals surface area contributed by atoms with Crippen LogP contribution >= 0.6 is 0 Å². The number of halogens is 1. The molecular weight excluding hydrogens is 419 g/mol. The fourth-order valence-electron chi connectivity index (χ4n) is 3.93. The Morgan fingerprint density at radius 1 is 1.13 bits per heavy atom. The largest absolute Gasteiger partial charge is 0.480 e. The van der Waals surface area contributed by atoms with Crippen LogP contribution in [-0.2, 0) is 21.2 Å². The smallest absolute Gasteiger partial charge is 0.323 e. The zero-order chi connectivity index (χ0) is 22.2. The highest BCUT2D eigenvalue weighted by Gasteiger charge is 2.35. The van der Waals surface area contributed by atoms with Crippen molar-refractivity contribution in [1.82, 2.24) is 9.55 Å². The van der Waals surface area contributed by atoms with Gasteiger partial charge in [-0.25, -0.2) is 12.8 Å². The van der Waals surface area contributed by atoms with E-state index >= 15 is 0 Å². The van der Waals surface area contributed by atoms with Crippen LogP contribution in [0, 0.1) is 12.7 Å². The molecule has 4 aromatic rings. The average Bonchev–Trinajstić information content (AvgIpc) is 3.00. The van der Waals surface area contributed by atoms with E-state index in [4.69, 9.17) is 0 Å². The number of aliphatic carboxylic acids is 1. The van der Waals surface area contributed by atoms with E-state index in [1.165, 1.54) is 47.3 Å². The Morgan fingerprint density at radius 3 is 2.52 bits per heavy atom. The summed E-state index contributed by atoms with van der Waals surface area (Å²) in [5.74, 6) is -1.62.